The van der Waals surface area contributed by atoms with Crippen LogP contribution in [0, 0.1) is 12.3 Å². The van der Waals surface area contributed by atoms with Crippen LogP contribution in [0.4, 0.5) is 30.6 Å². The molecular weight excluding hydrogens is 551 g/mol. The van der Waals surface area contributed by atoms with E-state index in [0.717, 1.165) is 49.0 Å². The number of likely N-dealkylation sites (tertiary alicyclic amines) is 1. The Morgan fingerprint density at radius 1 is 1.12 bits per heavy atom. The molecule has 2 N–H and O–H groups in total. The Bertz CT molecular complexity index is 1270. The van der Waals surface area contributed by atoms with Crippen molar-refractivity contribution in [1.82, 2.24) is 14.9 Å². The van der Waals surface area contributed by atoms with Crippen molar-refractivity contribution in [2.75, 3.05) is 36.4 Å². The van der Waals surface area contributed by atoms with Crippen molar-refractivity contribution in [3.05, 3.63) is 35.5 Å². The van der Waals surface area contributed by atoms with E-state index in [1.807, 2.05) is 19.1 Å². The lowest BCUT2D eigenvalue weighted by atomic mass is 9.63. The van der Waals surface area contributed by atoms with Gasteiger partial charge in [-0.05, 0) is 115 Å². The van der Waals surface area contributed by atoms with Crippen molar-refractivity contribution in [1.29, 1.82) is 0 Å². The molecule has 226 valence electrons. The minimum atomic E-state index is -4.63. The molecule has 2 aromatic rings. The summed E-state index contributed by atoms with van der Waals surface area (Å²) in [5.41, 5.74) is -0.230. The van der Waals surface area contributed by atoms with Crippen LogP contribution in [0.3, 0.4) is 0 Å². The zero-order valence-electron chi connectivity index (χ0n) is 24.4. The summed E-state index contributed by atoms with van der Waals surface area (Å²) >= 11 is 0. The lowest BCUT2D eigenvalue weighted by Crippen LogP contribution is -2.51. The van der Waals surface area contributed by atoms with Gasteiger partial charge in [-0.1, -0.05) is 0 Å². The molecule has 0 bridgehead atoms. The Morgan fingerprint density at radius 3 is 2.46 bits per heavy atom. The van der Waals surface area contributed by atoms with Crippen LogP contribution in [0.2, 0.25) is 0 Å². The number of hydrogen-bond donors (Lipinski definition) is 2. The standard InChI is InChI=1S/C30H42F3N5O2S/c1-20(2)37-13-10-29(11-14-37)16-23(17-29)41(40)22-7-8-25(21(3)15-22)35-27-34-18-24(30(31,32)33)26(36-27)38-12-6-5-9-28(4,39)19-38/h7-8,15,18,20,23,39H,5-6,9-14,16-17,19H2,1-4H3,(H,34,35,36). The van der Waals surface area contributed by atoms with Crippen LogP contribution in [0.15, 0.2) is 29.3 Å². The highest BCUT2D eigenvalue weighted by Gasteiger charge is 2.48. The average Bonchev–Trinajstić information content (AvgIpc) is 3.07. The second kappa shape index (κ2) is 11.4. The molecule has 7 nitrogen and oxygen atoms in total. The third-order valence-corrected chi connectivity index (χ3v) is 10.8. The van der Waals surface area contributed by atoms with Gasteiger partial charge < -0.3 is 20.2 Å². The molecule has 5 rings (SSSR count). The van der Waals surface area contributed by atoms with E-state index in [-0.39, 0.29) is 23.6 Å². The zero-order valence-corrected chi connectivity index (χ0v) is 25.2. The summed E-state index contributed by atoms with van der Waals surface area (Å²) in [6.07, 6.45) is 2.43. The normalized spacial score (nSPS) is 24.8. The van der Waals surface area contributed by atoms with Gasteiger partial charge in [0, 0.05) is 41.2 Å². The summed E-state index contributed by atoms with van der Waals surface area (Å²) in [5, 5.41) is 13.9. The van der Waals surface area contributed by atoms with Gasteiger partial charge >= 0.3 is 6.18 Å². The van der Waals surface area contributed by atoms with Gasteiger partial charge in [-0.15, -0.1) is 0 Å². The van der Waals surface area contributed by atoms with Crippen LogP contribution in [0.25, 0.3) is 0 Å². The van der Waals surface area contributed by atoms with E-state index >= 15 is 0 Å². The van der Waals surface area contributed by atoms with E-state index in [4.69, 9.17) is 0 Å². The summed E-state index contributed by atoms with van der Waals surface area (Å²) in [4.78, 5) is 13.1. The van der Waals surface area contributed by atoms with Crippen LogP contribution < -0.4 is 10.2 Å². The molecule has 3 heterocycles. The summed E-state index contributed by atoms with van der Waals surface area (Å²) in [7, 11) is -1.11. The fourth-order valence-electron chi connectivity index (χ4n) is 6.63. The number of benzene rings is 1. The van der Waals surface area contributed by atoms with Gasteiger partial charge in [0.25, 0.3) is 0 Å². The maximum absolute atomic E-state index is 13.9. The number of aromatic nitrogens is 2. The largest absolute Gasteiger partial charge is 0.421 e. The molecule has 1 spiro atoms. The van der Waals surface area contributed by atoms with E-state index in [2.05, 4.69) is 34.0 Å². The van der Waals surface area contributed by atoms with Crippen molar-refractivity contribution in [3.8, 4) is 0 Å². The predicted octanol–water partition coefficient (Wildman–Crippen LogP) is 6.05. The first-order valence-electron chi connectivity index (χ1n) is 14.7. The predicted molar refractivity (Wildman–Crippen MR) is 156 cm³/mol. The molecule has 3 aliphatic rings. The SMILES string of the molecule is Cc1cc(S(=O)C2CC3(CCN(C(C)C)CC3)C2)ccc1Nc1ncc(C(F)(F)F)c(N2CCCCC(C)(O)C2)n1. The van der Waals surface area contributed by atoms with Gasteiger partial charge in [0.05, 0.1) is 16.4 Å². The number of piperidine rings is 1. The summed E-state index contributed by atoms with van der Waals surface area (Å²) in [6, 6.07) is 6.09. The Labute approximate surface area is 243 Å². The summed E-state index contributed by atoms with van der Waals surface area (Å²) in [5.74, 6) is -0.187. The second-order valence-electron chi connectivity index (χ2n) is 12.9. The molecule has 2 saturated heterocycles. The topological polar surface area (TPSA) is 81.6 Å². The molecule has 41 heavy (non-hydrogen) atoms. The van der Waals surface area contributed by atoms with Gasteiger partial charge in [-0.25, -0.2) is 4.98 Å². The van der Waals surface area contributed by atoms with E-state index in [1.54, 1.807) is 13.0 Å². The quantitative estimate of drug-likeness (QED) is 0.422. The third kappa shape index (κ3) is 6.72. The molecule has 2 unspecified atom stereocenters. The van der Waals surface area contributed by atoms with Crippen LogP contribution >= 0.6 is 0 Å². The van der Waals surface area contributed by atoms with E-state index < -0.39 is 28.1 Å². The van der Waals surface area contributed by atoms with Gasteiger partial charge in [0.15, 0.2) is 0 Å². The van der Waals surface area contributed by atoms with Gasteiger partial charge in [-0.3, -0.25) is 4.21 Å². The zero-order chi connectivity index (χ0) is 29.6. The van der Waals surface area contributed by atoms with Crippen molar-refractivity contribution in [2.24, 2.45) is 5.41 Å². The monoisotopic (exact) mass is 593 g/mol. The number of β-amino-alcohol motifs (C(OH)–C–C–N with tert-alkyl or cyclic N) is 1. The minimum absolute atomic E-state index is 0.0440. The van der Waals surface area contributed by atoms with Crippen molar-refractivity contribution in [2.45, 2.75) is 101 Å². The molecule has 0 amide bonds. The molecule has 1 saturated carbocycles. The Hall–Kier alpha value is -2.24. The summed E-state index contributed by atoms with van der Waals surface area (Å²) in [6.45, 7) is 10.7. The van der Waals surface area contributed by atoms with Crippen LogP contribution in [0.1, 0.15) is 76.8 Å². The molecule has 11 heteroatoms. The third-order valence-electron chi connectivity index (χ3n) is 9.19. The second-order valence-corrected chi connectivity index (χ2v) is 14.6. The molecule has 1 aromatic heterocycles. The minimum Gasteiger partial charge on any atom is -0.388 e. The Kier molecular flexibility index (Phi) is 8.44. The van der Waals surface area contributed by atoms with Gasteiger partial charge in [0.2, 0.25) is 5.95 Å². The van der Waals surface area contributed by atoms with E-state index in [0.29, 0.717) is 36.5 Å². The number of nitrogens with one attached hydrogen (secondary N) is 1. The highest BCUT2D eigenvalue weighted by molar-refractivity contribution is 7.85. The lowest BCUT2D eigenvalue weighted by Gasteiger charge is -2.52. The highest BCUT2D eigenvalue weighted by Crippen LogP contribution is 2.52. The molecular formula is C30H42F3N5O2S. The van der Waals surface area contributed by atoms with E-state index in [1.165, 1.54) is 17.7 Å². The number of nitrogens with zero attached hydrogens (tertiary/aromatic N) is 4. The molecule has 3 fully saturated rings. The molecule has 0 radical (unpaired) electrons. The number of rotatable bonds is 6. The smallest absolute Gasteiger partial charge is 0.388 e. The first-order chi connectivity index (χ1) is 19.3. The van der Waals surface area contributed by atoms with Crippen LogP contribution in [0.5, 0.6) is 0 Å². The highest BCUT2D eigenvalue weighted by atomic mass is 32.2. The Balaban J connectivity index is 1.29. The molecule has 1 aromatic carbocycles. The van der Waals surface area contributed by atoms with Crippen LogP contribution in [-0.4, -0.2) is 67.3 Å². The Morgan fingerprint density at radius 2 is 1.83 bits per heavy atom. The number of halogens is 3. The molecule has 2 aliphatic heterocycles. The molecule has 2 atom stereocenters. The maximum Gasteiger partial charge on any atom is 0.421 e. The number of aryl methyl sites for hydroxylation is 1. The number of anilines is 3. The lowest BCUT2D eigenvalue weighted by molar-refractivity contribution is -0.137. The van der Waals surface area contributed by atoms with Crippen molar-refractivity contribution < 1.29 is 22.5 Å². The van der Waals surface area contributed by atoms with Crippen molar-refractivity contribution in [3.63, 3.8) is 0 Å². The first kappa shape index (κ1) is 30.2. The fourth-order valence-corrected chi connectivity index (χ4v) is 8.52. The van der Waals surface area contributed by atoms with Gasteiger partial charge in [-0.2, -0.15) is 18.2 Å². The summed E-state index contributed by atoms with van der Waals surface area (Å²) < 4.78 is 55.1. The van der Waals surface area contributed by atoms with Gasteiger partial charge in [0.1, 0.15) is 11.4 Å². The fraction of sp³-hybridized carbons (Fsp3) is 0.667. The molecule has 1 aliphatic carbocycles. The average molecular weight is 594 g/mol. The van der Waals surface area contributed by atoms with Crippen LogP contribution in [-0.2, 0) is 17.0 Å². The number of aliphatic hydroxyl groups is 1. The number of hydrogen-bond acceptors (Lipinski definition) is 7. The van der Waals surface area contributed by atoms with Crippen molar-refractivity contribution >= 4 is 28.3 Å². The van der Waals surface area contributed by atoms with E-state index in [9.17, 15) is 22.5 Å². The first-order valence-corrected chi connectivity index (χ1v) is 15.9. The maximum atomic E-state index is 13.9. The number of alkyl halides is 3.